The first kappa shape index (κ1) is 13.9. The third kappa shape index (κ3) is 3.98. The Hall–Kier alpha value is -1.14. The molecule has 0 heterocycles. The molecule has 0 aliphatic heterocycles. The fourth-order valence-electron chi connectivity index (χ4n) is 1.37. The van der Waals surface area contributed by atoms with Crippen LogP contribution >= 0.6 is 15.9 Å². The molecule has 5 nitrogen and oxygen atoms in total. The number of aliphatic hydroxyl groups is 1. The Morgan fingerprint density at radius 1 is 1.59 bits per heavy atom. The molecule has 0 amide bonds. The monoisotopic (exact) mass is 303 g/mol. The lowest BCUT2D eigenvalue weighted by atomic mass is 10.2. The molecule has 0 spiro atoms. The molecule has 1 aromatic carbocycles. The van der Waals surface area contributed by atoms with E-state index in [9.17, 15) is 10.1 Å². The van der Waals surface area contributed by atoms with E-state index in [1.807, 2.05) is 0 Å². The summed E-state index contributed by atoms with van der Waals surface area (Å²) in [5.74, 6) is 0.263. The van der Waals surface area contributed by atoms with Crippen LogP contribution in [0.2, 0.25) is 0 Å². The predicted molar refractivity (Wildman–Crippen MR) is 67.3 cm³/mol. The first-order chi connectivity index (χ1) is 7.91. The highest BCUT2D eigenvalue weighted by atomic mass is 79.9. The number of rotatable bonds is 5. The molecule has 1 N–H and O–H groups in total. The zero-order valence-corrected chi connectivity index (χ0v) is 11.2. The summed E-state index contributed by atoms with van der Waals surface area (Å²) in [5.41, 5.74) is 0.624. The maximum absolute atomic E-state index is 10.9. The van der Waals surface area contributed by atoms with E-state index in [2.05, 4.69) is 15.9 Å². The van der Waals surface area contributed by atoms with Gasteiger partial charge >= 0.3 is 5.69 Å². The van der Waals surface area contributed by atoms with Crippen LogP contribution in [-0.2, 0) is 0 Å². The van der Waals surface area contributed by atoms with Gasteiger partial charge in [0.2, 0.25) is 0 Å². The lowest BCUT2D eigenvalue weighted by Gasteiger charge is -2.10. The normalized spacial score (nSPS) is 12.2. The van der Waals surface area contributed by atoms with Crippen LogP contribution in [0.5, 0.6) is 5.75 Å². The van der Waals surface area contributed by atoms with E-state index in [0.717, 1.165) is 0 Å². The summed E-state index contributed by atoms with van der Waals surface area (Å²) < 4.78 is 6.02. The second-order valence-electron chi connectivity index (χ2n) is 3.81. The SMILES string of the molecule is Cc1cc(Br)cc([N+](=O)[O-])c1OCCC(C)O. The Kier molecular flexibility index (Phi) is 4.89. The molecule has 1 unspecified atom stereocenters. The molecule has 0 aliphatic carbocycles. The summed E-state index contributed by atoms with van der Waals surface area (Å²) in [6.45, 7) is 3.64. The van der Waals surface area contributed by atoms with Gasteiger partial charge in [0.05, 0.1) is 17.6 Å². The summed E-state index contributed by atoms with van der Waals surface area (Å²) in [6.07, 6.45) is -0.0445. The lowest BCUT2D eigenvalue weighted by Crippen LogP contribution is -2.09. The topological polar surface area (TPSA) is 72.6 Å². The van der Waals surface area contributed by atoms with Crippen LogP contribution in [0.25, 0.3) is 0 Å². The van der Waals surface area contributed by atoms with Gasteiger partial charge in [0, 0.05) is 17.0 Å². The van der Waals surface area contributed by atoms with Gasteiger partial charge in [0.15, 0.2) is 5.75 Å². The van der Waals surface area contributed by atoms with E-state index in [4.69, 9.17) is 9.84 Å². The molecule has 94 valence electrons. The highest BCUT2D eigenvalue weighted by molar-refractivity contribution is 9.10. The van der Waals surface area contributed by atoms with E-state index in [1.54, 1.807) is 19.9 Å². The number of nitrogens with zero attached hydrogens (tertiary/aromatic N) is 1. The zero-order chi connectivity index (χ0) is 13.0. The van der Waals surface area contributed by atoms with Crippen molar-refractivity contribution in [1.29, 1.82) is 0 Å². The van der Waals surface area contributed by atoms with Gasteiger partial charge in [-0.15, -0.1) is 0 Å². The first-order valence-electron chi connectivity index (χ1n) is 5.17. The third-order valence-electron chi connectivity index (χ3n) is 2.20. The summed E-state index contributed by atoms with van der Waals surface area (Å²) in [6, 6.07) is 3.16. The smallest absolute Gasteiger partial charge is 0.312 e. The fraction of sp³-hybridized carbons (Fsp3) is 0.455. The van der Waals surface area contributed by atoms with Crippen molar-refractivity contribution < 1.29 is 14.8 Å². The molecule has 0 aliphatic rings. The Balaban J connectivity index is 2.92. The molecule has 1 rings (SSSR count). The van der Waals surface area contributed by atoms with Gasteiger partial charge < -0.3 is 9.84 Å². The average Bonchev–Trinajstić information content (AvgIpc) is 2.19. The number of aryl methyl sites for hydroxylation is 1. The van der Waals surface area contributed by atoms with Crippen molar-refractivity contribution in [2.24, 2.45) is 0 Å². The molecule has 0 fully saturated rings. The van der Waals surface area contributed by atoms with Gasteiger partial charge in [0.1, 0.15) is 0 Å². The van der Waals surface area contributed by atoms with Crippen LogP contribution < -0.4 is 4.74 Å². The van der Waals surface area contributed by atoms with Crippen molar-refractivity contribution in [1.82, 2.24) is 0 Å². The van der Waals surface area contributed by atoms with Crippen LogP contribution in [0.3, 0.4) is 0 Å². The van der Waals surface area contributed by atoms with Gasteiger partial charge in [0.25, 0.3) is 0 Å². The van der Waals surface area contributed by atoms with Gasteiger partial charge in [-0.3, -0.25) is 10.1 Å². The second-order valence-corrected chi connectivity index (χ2v) is 4.73. The molecular formula is C11H14BrNO4. The minimum absolute atomic E-state index is 0.0672. The number of aliphatic hydroxyl groups excluding tert-OH is 1. The van der Waals surface area contributed by atoms with Crippen LogP contribution in [0, 0.1) is 17.0 Å². The summed E-state index contributed by atoms with van der Waals surface area (Å²) in [5, 5.41) is 20.0. The van der Waals surface area contributed by atoms with Crippen LogP contribution in [0.1, 0.15) is 18.9 Å². The number of halogens is 1. The van der Waals surface area contributed by atoms with Gasteiger partial charge in [-0.2, -0.15) is 0 Å². The standard InChI is InChI=1S/C11H14BrNO4/c1-7-5-9(12)6-10(13(15)16)11(7)17-4-3-8(2)14/h5-6,8,14H,3-4H2,1-2H3. The van der Waals surface area contributed by atoms with Crippen LogP contribution in [0.15, 0.2) is 16.6 Å². The number of benzene rings is 1. The van der Waals surface area contributed by atoms with Crippen molar-refractivity contribution in [2.75, 3.05) is 6.61 Å². The minimum Gasteiger partial charge on any atom is -0.487 e. The van der Waals surface area contributed by atoms with Crippen molar-refractivity contribution >= 4 is 21.6 Å². The van der Waals surface area contributed by atoms with E-state index in [-0.39, 0.29) is 18.0 Å². The number of nitro groups is 1. The van der Waals surface area contributed by atoms with Crippen molar-refractivity contribution in [3.8, 4) is 5.75 Å². The Labute approximate surface area is 108 Å². The van der Waals surface area contributed by atoms with Gasteiger partial charge in [-0.25, -0.2) is 0 Å². The molecule has 0 aromatic heterocycles. The summed E-state index contributed by atoms with van der Waals surface area (Å²) in [7, 11) is 0. The van der Waals surface area contributed by atoms with E-state index >= 15 is 0 Å². The fourth-order valence-corrected chi connectivity index (χ4v) is 1.93. The van der Waals surface area contributed by atoms with E-state index < -0.39 is 11.0 Å². The quantitative estimate of drug-likeness (QED) is 0.670. The highest BCUT2D eigenvalue weighted by Gasteiger charge is 2.18. The molecule has 1 atom stereocenters. The molecule has 0 saturated carbocycles. The molecule has 6 heteroatoms. The Morgan fingerprint density at radius 2 is 2.24 bits per heavy atom. The molecule has 0 saturated heterocycles. The Bertz CT molecular complexity index is 420. The van der Waals surface area contributed by atoms with Crippen molar-refractivity contribution in [2.45, 2.75) is 26.4 Å². The summed E-state index contributed by atoms with van der Waals surface area (Å²) in [4.78, 5) is 10.4. The average molecular weight is 304 g/mol. The van der Waals surface area contributed by atoms with Gasteiger partial charge in [-0.05, 0) is 25.5 Å². The molecule has 1 aromatic rings. The van der Waals surface area contributed by atoms with E-state index in [1.165, 1.54) is 6.07 Å². The van der Waals surface area contributed by atoms with Gasteiger partial charge in [-0.1, -0.05) is 15.9 Å². The molecule has 0 bridgehead atoms. The number of ether oxygens (including phenoxy) is 1. The molecular weight excluding hydrogens is 290 g/mol. The van der Waals surface area contributed by atoms with E-state index in [0.29, 0.717) is 16.5 Å². The number of hydrogen-bond donors (Lipinski definition) is 1. The second kappa shape index (κ2) is 5.97. The van der Waals surface area contributed by atoms with Crippen LogP contribution in [-0.4, -0.2) is 22.7 Å². The number of hydrogen-bond acceptors (Lipinski definition) is 4. The molecule has 17 heavy (non-hydrogen) atoms. The largest absolute Gasteiger partial charge is 0.487 e. The number of nitro benzene ring substituents is 1. The molecule has 0 radical (unpaired) electrons. The van der Waals surface area contributed by atoms with Crippen molar-refractivity contribution in [3.05, 3.63) is 32.3 Å². The predicted octanol–water partition coefficient (Wildman–Crippen LogP) is 2.82. The summed E-state index contributed by atoms with van der Waals surface area (Å²) >= 11 is 3.21. The Morgan fingerprint density at radius 3 is 2.76 bits per heavy atom. The minimum atomic E-state index is -0.482. The zero-order valence-electron chi connectivity index (χ0n) is 9.64. The maximum Gasteiger partial charge on any atom is 0.312 e. The van der Waals surface area contributed by atoms with Crippen LogP contribution in [0.4, 0.5) is 5.69 Å². The van der Waals surface area contributed by atoms with Crippen molar-refractivity contribution in [3.63, 3.8) is 0 Å². The lowest BCUT2D eigenvalue weighted by molar-refractivity contribution is -0.386. The highest BCUT2D eigenvalue weighted by Crippen LogP contribution is 2.34. The third-order valence-corrected chi connectivity index (χ3v) is 2.66. The first-order valence-corrected chi connectivity index (χ1v) is 5.96. The maximum atomic E-state index is 10.9.